The number of carbonyl (C=O) groups excluding carboxylic acids is 2. The summed E-state index contributed by atoms with van der Waals surface area (Å²) in [7, 11) is 0. The van der Waals surface area contributed by atoms with Gasteiger partial charge in [0, 0.05) is 24.0 Å². The summed E-state index contributed by atoms with van der Waals surface area (Å²) in [5, 5.41) is 5.74. The van der Waals surface area contributed by atoms with Gasteiger partial charge in [0.05, 0.1) is 11.1 Å². The Morgan fingerprint density at radius 2 is 1.67 bits per heavy atom. The molecule has 0 aromatic heterocycles. The summed E-state index contributed by atoms with van der Waals surface area (Å²) in [6.45, 7) is 15.5. The van der Waals surface area contributed by atoms with E-state index >= 15 is 0 Å². The predicted molar refractivity (Wildman–Crippen MR) is 135 cm³/mol. The monoisotopic (exact) mass is 451 g/mol. The topological polar surface area (TPSA) is 70.7 Å². The van der Waals surface area contributed by atoms with Crippen molar-refractivity contribution < 1.29 is 14.3 Å². The standard InChI is InChI=1S/C27H37N3O3/c1-18(2)14-15-30-22-13-12-21(16-23(22)33-17-27(6,7)24(30)31)29-25(32)28-20-10-8-19(9-11-20)26(3,4)5/h8-13,16,18H,14-15,17H2,1-7H3,(H2,28,29,32). The average Bonchev–Trinajstić information content (AvgIpc) is 2.81. The molecule has 3 amide bonds. The Kier molecular flexibility index (Phi) is 7.06. The fraction of sp³-hybridized carbons (Fsp3) is 0.481. The van der Waals surface area contributed by atoms with Gasteiger partial charge in [0.15, 0.2) is 0 Å². The largest absolute Gasteiger partial charge is 0.490 e. The maximum atomic E-state index is 13.2. The molecule has 6 heteroatoms. The van der Waals surface area contributed by atoms with Gasteiger partial charge in [-0.25, -0.2) is 4.79 Å². The molecule has 0 saturated heterocycles. The molecular weight excluding hydrogens is 414 g/mol. The molecular formula is C27H37N3O3. The second kappa shape index (κ2) is 9.46. The Hall–Kier alpha value is -3.02. The van der Waals surface area contributed by atoms with E-state index in [-0.39, 0.29) is 24.0 Å². The fourth-order valence-electron chi connectivity index (χ4n) is 3.68. The Labute approximate surface area is 197 Å². The summed E-state index contributed by atoms with van der Waals surface area (Å²) in [6.07, 6.45) is 0.900. The number of carbonyl (C=O) groups is 2. The van der Waals surface area contributed by atoms with Crippen LogP contribution in [0.4, 0.5) is 21.9 Å². The van der Waals surface area contributed by atoms with Crippen LogP contribution in [0.5, 0.6) is 5.75 Å². The van der Waals surface area contributed by atoms with E-state index in [1.54, 1.807) is 12.1 Å². The van der Waals surface area contributed by atoms with Crippen molar-refractivity contribution in [2.75, 3.05) is 28.7 Å². The summed E-state index contributed by atoms with van der Waals surface area (Å²) < 4.78 is 6.02. The van der Waals surface area contributed by atoms with E-state index in [0.29, 0.717) is 23.9 Å². The fourth-order valence-corrected chi connectivity index (χ4v) is 3.68. The summed E-state index contributed by atoms with van der Waals surface area (Å²) in [5.74, 6) is 1.14. The Balaban J connectivity index is 1.75. The molecule has 178 valence electrons. The van der Waals surface area contributed by atoms with E-state index in [1.165, 1.54) is 5.56 Å². The van der Waals surface area contributed by atoms with Crippen LogP contribution in [0.2, 0.25) is 0 Å². The molecule has 0 fully saturated rings. The highest BCUT2D eigenvalue weighted by atomic mass is 16.5. The molecule has 33 heavy (non-hydrogen) atoms. The first kappa shape index (κ1) is 24.6. The van der Waals surface area contributed by atoms with Gasteiger partial charge in [0.2, 0.25) is 5.91 Å². The zero-order valence-corrected chi connectivity index (χ0v) is 20.9. The molecule has 0 radical (unpaired) electrons. The van der Waals surface area contributed by atoms with Crippen LogP contribution in [-0.4, -0.2) is 25.1 Å². The molecule has 0 spiro atoms. The molecule has 3 rings (SSSR count). The van der Waals surface area contributed by atoms with Crippen LogP contribution < -0.4 is 20.3 Å². The van der Waals surface area contributed by atoms with Gasteiger partial charge in [-0.15, -0.1) is 0 Å². The first-order chi connectivity index (χ1) is 15.4. The van der Waals surface area contributed by atoms with Crippen molar-refractivity contribution >= 4 is 29.0 Å². The summed E-state index contributed by atoms with van der Waals surface area (Å²) >= 11 is 0. The van der Waals surface area contributed by atoms with Crippen molar-refractivity contribution in [1.29, 1.82) is 0 Å². The van der Waals surface area contributed by atoms with Crippen LogP contribution in [0.3, 0.4) is 0 Å². The lowest BCUT2D eigenvalue weighted by Gasteiger charge is -2.28. The average molecular weight is 452 g/mol. The number of hydrogen-bond donors (Lipinski definition) is 2. The van der Waals surface area contributed by atoms with Crippen molar-refractivity contribution in [2.45, 2.75) is 60.3 Å². The van der Waals surface area contributed by atoms with Crippen LogP contribution in [0, 0.1) is 11.3 Å². The van der Waals surface area contributed by atoms with Gasteiger partial charge in [-0.05, 0) is 61.4 Å². The van der Waals surface area contributed by atoms with E-state index in [0.717, 1.165) is 17.8 Å². The van der Waals surface area contributed by atoms with E-state index in [4.69, 9.17) is 4.74 Å². The van der Waals surface area contributed by atoms with Gasteiger partial charge in [-0.1, -0.05) is 46.8 Å². The molecule has 1 aliphatic heterocycles. The summed E-state index contributed by atoms with van der Waals surface area (Å²) in [6, 6.07) is 13.0. The molecule has 2 N–H and O–H groups in total. The van der Waals surface area contributed by atoms with E-state index in [2.05, 4.69) is 45.3 Å². The molecule has 0 aliphatic carbocycles. The number of nitrogens with one attached hydrogen (secondary N) is 2. The molecule has 1 aliphatic rings. The number of amides is 3. The third kappa shape index (κ3) is 6.06. The van der Waals surface area contributed by atoms with E-state index in [1.807, 2.05) is 49.1 Å². The highest BCUT2D eigenvalue weighted by Gasteiger charge is 2.37. The SMILES string of the molecule is CC(C)CCN1C(=O)C(C)(C)COc2cc(NC(=O)Nc3ccc(C(C)(C)C)cc3)ccc21. The lowest BCUT2D eigenvalue weighted by molar-refractivity contribution is -0.127. The lowest BCUT2D eigenvalue weighted by Crippen LogP contribution is -2.42. The summed E-state index contributed by atoms with van der Waals surface area (Å²) in [4.78, 5) is 27.6. The smallest absolute Gasteiger partial charge is 0.323 e. The van der Waals surface area contributed by atoms with E-state index < -0.39 is 5.41 Å². The van der Waals surface area contributed by atoms with Crippen LogP contribution in [0.1, 0.15) is 60.5 Å². The molecule has 1 heterocycles. The third-order valence-corrected chi connectivity index (χ3v) is 5.86. The minimum absolute atomic E-state index is 0.0547. The predicted octanol–water partition coefficient (Wildman–Crippen LogP) is 6.43. The number of ether oxygens (including phenoxy) is 1. The number of urea groups is 1. The molecule has 0 saturated carbocycles. The van der Waals surface area contributed by atoms with Crippen LogP contribution in [0.25, 0.3) is 0 Å². The number of anilines is 3. The molecule has 2 aromatic carbocycles. The Morgan fingerprint density at radius 3 is 2.27 bits per heavy atom. The summed E-state index contributed by atoms with van der Waals surface area (Å²) in [5.41, 5.74) is 2.71. The molecule has 0 bridgehead atoms. The van der Waals surface area contributed by atoms with E-state index in [9.17, 15) is 9.59 Å². The van der Waals surface area contributed by atoms with Gasteiger partial charge in [0.1, 0.15) is 12.4 Å². The van der Waals surface area contributed by atoms with Crippen LogP contribution in [-0.2, 0) is 10.2 Å². The highest BCUT2D eigenvalue weighted by Crippen LogP contribution is 2.38. The maximum absolute atomic E-state index is 13.2. The zero-order valence-electron chi connectivity index (χ0n) is 20.9. The van der Waals surface area contributed by atoms with Crippen LogP contribution >= 0.6 is 0 Å². The minimum atomic E-state index is -0.625. The van der Waals surface area contributed by atoms with Gasteiger partial charge < -0.3 is 20.3 Å². The number of hydrogen-bond acceptors (Lipinski definition) is 3. The van der Waals surface area contributed by atoms with Gasteiger partial charge >= 0.3 is 6.03 Å². The second-order valence-corrected chi connectivity index (χ2v) is 10.9. The number of nitrogens with zero attached hydrogens (tertiary/aromatic N) is 1. The third-order valence-electron chi connectivity index (χ3n) is 5.86. The van der Waals surface area contributed by atoms with Crippen molar-refractivity contribution in [3.8, 4) is 5.75 Å². The highest BCUT2D eigenvalue weighted by molar-refractivity contribution is 6.02. The Morgan fingerprint density at radius 1 is 1.06 bits per heavy atom. The molecule has 2 aromatic rings. The van der Waals surface area contributed by atoms with Crippen LogP contribution in [0.15, 0.2) is 42.5 Å². The van der Waals surface area contributed by atoms with Gasteiger partial charge in [0.25, 0.3) is 0 Å². The molecule has 6 nitrogen and oxygen atoms in total. The second-order valence-electron chi connectivity index (χ2n) is 10.9. The van der Waals surface area contributed by atoms with Crippen molar-refractivity contribution in [1.82, 2.24) is 0 Å². The first-order valence-electron chi connectivity index (χ1n) is 11.6. The van der Waals surface area contributed by atoms with Gasteiger partial charge in [-0.3, -0.25) is 4.79 Å². The molecule has 0 unspecified atom stereocenters. The first-order valence-corrected chi connectivity index (χ1v) is 11.6. The Bertz CT molecular complexity index is 1000. The maximum Gasteiger partial charge on any atom is 0.323 e. The van der Waals surface area contributed by atoms with Gasteiger partial charge in [-0.2, -0.15) is 0 Å². The molecule has 0 atom stereocenters. The van der Waals surface area contributed by atoms with Crippen molar-refractivity contribution in [3.63, 3.8) is 0 Å². The number of benzene rings is 2. The minimum Gasteiger partial charge on any atom is -0.490 e. The number of rotatable bonds is 5. The normalized spacial score (nSPS) is 15.5. The van der Waals surface area contributed by atoms with Crippen molar-refractivity contribution in [2.24, 2.45) is 11.3 Å². The lowest BCUT2D eigenvalue weighted by atomic mass is 9.87. The quantitative estimate of drug-likeness (QED) is 0.550. The van der Waals surface area contributed by atoms with Crippen molar-refractivity contribution in [3.05, 3.63) is 48.0 Å². The zero-order chi connectivity index (χ0) is 24.4. The number of fused-ring (bicyclic) bond motifs is 1.